The van der Waals surface area contributed by atoms with Crippen molar-refractivity contribution in [2.24, 2.45) is 0 Å². The third-order valence-corrected chi connectivity index (χ3v) is 7.24. The van der Waals surface area contributed by atoms with Crippen LogP contribution in [0.4, 0.5) is 4.39 Å². The van der Waals surface area contributed by atoms with Gasteiger partial charge in [0, 0.05) is 33.8 Å². The molecule has 0 amide bonds. The third-order valence-electron chi connectivity index (χ3n) is 6.09. The number of halogens is 1. The number of benzene rings is 2. The lowest BCUT2D eigenvalue weighted by molar-refractivity contribution is 0.433. The number of hydrogen-bond donors (Lipinski definition) is 1. The standard InChI is InChI=1S/C29H24FN3O2S/c1-18-11-12-21(17-31-18)24-13-14-25(36-24)26-19(2)32-28(22-9-6-10-23(30)27(22)34)33(29(26)35)16-15-20-7-4-3-5-8-20/h3-14,17,34H,15-16H2,1-2H3. The molecule has 1 N–H and O–H groups in total. The average Bonchev–Trinajstić information content (AvgIpc) is 3.36. The van der Waals surface area contributed by atoms with Crippen molar-refractivity contribution in [2.45, 2.75) is 26.8 Å². The van der Waals surface area contributed by atoms with E-state index in [1.165, 1.54) is 28.0 Å². The van der Waals surface area contributed by atoms with E-state index in [0.717, 1.165) is 26.6 Å². The number of phenols is 1. The lowest BCUT2D eigenvalue weighted by Gasteiger charge is -2.16. The van der Waals surface area contributed by atoms with Crippen LogP contribution >= 0.6 is 11.3 Å². The van der Waals surface area contributed by atoms with Gasteiger partial charge in [-0.3, -0.25) is 14.3 Å². The molecule has 0 unspecified atom stereocenters. The first-order valence-electron chi connectivity index (χ1n) is 11.6. The maximum Gasteiger partial charge on any atom is 0.262 e. The van der Waals surface area contributed by atoms with Crippen LogP contribution in [0.25, 0.3) is 32.3 Å². The van der Waals surface area contributed by atoms with Gasteiger partial charge in [0.15, 0.2) is 11.6 Å². The average molecular weight is 498 g/mol. The Labute approximate surface area is 212 Å². The molecule has 5 aromatic rings. The molecule has 2 aromatic carbocycles. The maximum absolute atomic E-state index is 14.2. The largest absolute Gasteiger partial charge is 0.504 e. The minimum atomic E-state index is -0.757. The van der Waals surface area contributed by atoms with Gasteiger partial charge in [0.05, 0.1) is 16.8 Å². The molecule has 180 valence electrons. The number of aromatic hydroxyl groups is 1. The zero-order valence-corrected chi connectivity index (χ0v) is 20.7. The van der Waals surface area contributed by atoms with Crippen LogP contribution in [0.15, 0.2) is 83.8 Å². The van der Waals surface area contributed by atoms with Gasteiger partial charge in [-0.2, -0.15) is 0 Å². The SMILES string of the molecule is Cc1ccc(-c2ccc(-c3c(C)nc(-c4cccc(F)c4O)n(CCc4ccccc4)c3=O)s2)cn1. The highest BCUT2D eigenvalue weighted by atomic mass is 32.1. The second-order valence-corrected chi connectivity index (χ2v) is 9.66. The number of aromatic nitrogens is 3. The highest BCUT2D eigenvalue weighted by Crippen LogP contribution is 2.36. The first-order chi connectivity index (χ1) is 17.4. The number of hydrogen-bond acceptors (Lipinski definition) is 5. The van der Waals surface area contributed by atoms with Gasteiger partial charge in [-0.1, -0.05) is 42.5 Å². The third kappa shape index (κ3) is 4.57. The lowest BCUT2D eigenvalue weighted by Crippen LogP contribution is -2.27. The normalized spacial score (nSPS) is 11.1. The van der Waals surface area contributed by atoms with Gasteiger partial charge >= 0.3 is 0 Å². The summed E-state index contributed by atoms with van der Waals surface area (Å²) < 4.78 is 15.8. The molecule has 0 atom stereocenters. The van der Waals surface area contributed by atoms with Gasteiger partial charge in [0.25, 0.3) is 5.56 Å². The Morgan fingerprint density at radius 1 is 0.944 bits per heavy atom. The predicted molar refractivity (Wildman–Crippen MR) is 142 cm³/mol. The van der Waals surface area contributed by atoms with E-state index in [0.29, 0.717) is 24.2 Å². The Morgan fingerprint density at radius 3 is 2.47 bits per heavy atom. The maximum atomic E-state index is 14.2. The van der Waals surface area contributed by atoms with Crippen LogP contribution in [-0.2, 0) is 13.0 Å². The number of thiophene rings is 1. The number of rotatable bonds is 6. The summed E-state index contributed by atoms with van der Waals surface area (Å²) in [7, 11) is 0. The van der Waals surface area contributed by atoms with Crippen LogP contribution in [-0.4, -0.2) is 19.6 Å². The summed E-state index contributed by atoms with van der Waals surface area (Å²) in [5.41, 5.74) is 3.96. The second-order valence-electron chi connectivity index (χ2n) is 8.58. The van der Waals surface area contributed by atoms with Crippen molar-refractivity contribution in [3.63, 3.8) is 0 Å². The summed E-state index contributed by atoms with van der Waals surface area (Å²) in [6, 6.07) is 21.9. The molecule has 0 aliphatic heterocycles. The number of para-hydroxylation sites is 1. The Hall–Kier alpha value is -4.10. The highest BCUT2D eigenvalue weighted by Gasteiger charge is 2.21. The van der Waals surface area contributed by atoms with Crippen LogP contribution in [0.3, 0.4) is 0 Å². The number of phenolic OH excluding ortho intramolecular Hbond substituents is 1. The van der Waals surface area contributed by atoms with Crippen LogP contribution in [0, 0.1) is 19.7 Å². The molecule has 3 heterocycles. The minimum absolute atomic E-state index is 0.187. The Balaban J connectivity index is 1.64. The van der Waals surface area contributed by atoms with E-state index in [2.05, 4.69) is 4.98 Å². The summed E-state index contributed by atoms with van der Waals surface area (Å²) in [6.45, 7) is 4.04. The van der Waals surface area contributed by atoms with Crippen molar-refractivity contribution in [2.75, 3.05) is 0 Å². The van der Waals surface area contributed by atoms with E-state index >= 15 is 0 Å². The van der Waals surface area contributed by atoms with Crippen LogP contribution < -0.4 is 5.56 Å². The minimum Gasteiger partial charge on any atom is -0.504 e. The quantitative estimate of drug-likeness (QED) is 0.295. The van der Waals surface area contributed by atoms with E-state index < -0.39 is 11.6 Å². The van der Waals surface area contributed by atoms with E-state index in [9.17, 15) is 14.3 Å². The van der Waals surface area contributed by atoms with Crippen LogP contribution in [0.2, 0.25) is 0 Å². The fraction of sp³-hybridized carbons (Fsp3) is 0.138. The Morgan fingerprint density at radius 2 is 1.72 bits per heavy atom. The first kappa shape index (κ1) is 23.6. The van der Waals surface area contributed by atoms with Crippen molar-refractivity contribution in [1.29, 1.82) is 0 Å². The summed E-state index contributed by atoms with van der Waals surface area (Å²) in [6.07, 6.45) is 2.41. The first-order valence-corrected chi connectivity index (χ1v) is 12.4. The summed E-state index contributed by atoms with van der Waals surface area (Å²) in [4.78, 5) is 24.8. The van der Waals surface area contributed by atoms with E-state index in [4.69, 9.17) is 4.98 Å². The van der Waals surface area contributed by atoms with Gasteiger partial charge in [-0.25, -0.2) is 9.37 Å². The second kappa shape index (κ2) is 9.87. The van der Waals surface area contributed by atoms with Crippen LogP contribution in [0.5, 0.6) is 5.75 Å². The van der Waals surface area contributed by atoms with Gasteiger partial charge < -0.3 is 5.11 Å². The van der Waals surface area contributed by atoms with Crippen molar-refractivity contribution in [1.82, 2.24) is 14.5 Å². The molecule has 5 rings (SSSR count). The van der Waals surface area contributed by atoms with Crippen molar-refractivity contribution in [3.8, 4) is 38.0 Å². The molecule has 0 radical (unpaired) electrons. The van der Waals surface area contributed by atoms with Crippen molar-refractivity contribution < 1.29 is 9.50 Å². The summed E-state index contributed by atoms with van der Waals surface area (Å²) >= 11 is 1.50. The fourth-order valence-electron chi connectivity index (χ4n) is 4.18. The topological polar surface area (TPSA) is 68.0 Å². The molecule has 0 saturated heterocycles. The highest BCUT2D eigenvalue weighted by molar-refractivity contribution is 7.18. The molecule has 36 heavy (non-hydrogen) atoms. The van der Waals surface area contributed by atoms with Gasteiger partial charge in [-0.05, 0) is 56.2 Å². The van der Waals surface area contributed by atoms with Crippen LogP contribution in [0.1, 0.15) is 17.0 Å². The molecule has 0 aliphatic carbocycles. The summed E-state index contributed by atoms with van der Waals surface area (Å²) in [5, 5.41) is 10.4. The zero-order chi connectivity index (χ0) is 25.2. The molecular weight excluding hydrogens is 473 g/mol. The van der Waals surface area contributed by atoms with E-state index in [1.807, 2.05) is 67.7 Å². The molecule has 0 bridgehead atoms. The monoisotopic (exact) mass is 497 g/mol. The Kier molecular flexibility index (Phi) is 6.48. The molecule has 0 spiro atoms. The smallest absolute Gasteiger partial charge is 0.262 e. The van der Waals surface area contributed by atoms with Gasteiger partial charge in [-0.15, -0.1) is 11.3 Å². The van der Waals surface area contributed by atoms with Crippen molar-refractivity contribution in [3.05, 3.63) is 112 Å². The van der Waals surface area contributed by atoms with E-state index in [-0.39, 0.29) is 16.9 Å². The molecular formula is C29H24FN3O2S. The zero-order valence-electron chi connectivity index (χ0n) is 19.9. The van der Waals surface area contributed by atoms with Gasteiger partial charge in [0.1, 0.15) is 5.82 Å². The summed E-state index contributed by atoms with van der Waals surface area (Å²) in [5.74, 6) is -1.03. The molecule has 5 nitrogen and oxygen atoms in total. The number of nitrogens with zero attached hydrogens (tertiary/aromatic N) is 3. The Bertz CT molecular complexity index is 1590. The molecule has 7 heteroatoms. The van der Waals surface area contributed by atoms with E-state index in [1.54, 1.807) is 13.0 Å². The molecule has 0 fully saturated rings. The van der Waals surface area contributed by atoms with Gasteiger partial charge in [0.2, 0.25) is 0 Å². The fourth-order valence-corrected chi connectivity index (χ4v) is 5.26. The molecule has 0 saturated carbocycles. The predicted octanol–water partition coefficient (Wildman–Crippen LogP) is 6.41. The number of aryl methyl sites for hydroxylation is 3. The number of pyridine rings is 1. The molecule has 3 aromatic heterocycles. The van der Waals surface area contributed by atoms with Crippen molar-refractivity contribution >= 4 is 11.3 Å². The lowest BCUT2D eigenvalue weighted by atomic mass is 10.1. The molecule has 0 aliphatic rings.